The minimum Gasteiger partial charge on any atom is -0.322 e. The van der Waals surface area contributed by atoms with Gasteiger partial charge in [-0.05, 0) is 19.1 Å². The van der Waals surface area contributed by atoms with Crippen LogP contribution in [-0.2, 0) is 0 Å². The summed E-state index contributed by atoms with van der Waals surface area (Å²) in [5, 5.41) is 15.7. The minimum absolute atomic E-state index is 0.114. The second kappa shape index (κ2) is 6.29. The van der Waals surface area contributed by atoms with Crippen molar-refractivity contribution in [2.45, 2.75) is 13.0 Å². The molecule has 0 aliphatic carbocycles. The van der Waals surface area contributed by atoms with Crippen molar-refractivity contribution in [3.63, 3.8) is 0 Å². The number of amides is 1. The predicted octanol–water partition coefficient (Wildman–Crippen LogP) is 3.09. The molecule has 1 aromatic carbocycles. The quantitative estimate of drug-likeness (QED) is 0.634. The number of aromatic nitrogens is 1. The number of nitrogens with zero attached hydrogens (tertiary/aromatic N) is 2. The Bertz CT molecular complexity index is 702. The highest BCUT2D eigenvalue weighted by atomic mass is 79.9. The molecule has 9 heteroatoms. The summed E-state index contributed by atoms with van der Waals surface area (Å²) in [6.07, 6.45) is 0. The SMILES string of the molecule is CC(N)c1nc(C(=O)Nc2ccc(Br)cc2[N+](=O)[O-])cs1. The fraction of sp³-hybridized carbons (Fsp3) is 0.167. The zero-order chi connectivity index (χ0) is 15.6. The van der Waals surface area contributed by atoms with Gasteiger partial charge in [0.2, 0.25) is 0 Å². The summed E-state index contributed by atoms with van der Waals surface area (Å²) in [6, 6.07) is 4.12. The number of rotatable bonds is 4. The average molecular weight is 371 g/mol. The lowest BCUT2D eigenvalue weighted by molar-refractivity contribution is -0.384. The Labute approximate surface area is 132 Å². The van der Waals surface area contributed by atoms with E-state index in [0.717, 1.165) is 0 Å². The first kappa shape index (κ1) is 15.5. The Kier molecular flexibility index (Phi) is 4.66. The molecule has 21 heavy (non-hydrogen) atoms. The second-order valence-electron chi connectivity index (χ2n) is 4.23. The highest BCUT2D eigenvalue weighted by Crippen LogP contribution is 2.28. The summed E-state index contributed by atoms with van der Waals surface area (Å²) in [4.78, 5) is 26.6. The smallest absolute Gasteiger partial charge is 0.293 e. The molecule has 7 nitrogen and oxygen atoms in total. The summed E-state index contributed by atoms with van der Waals surface area (Å²) < 4.78 is 0.556. The largest absolute Gasteiger partial charge is 0.322 e. The maximum absolute atomic E-state index is 12.1. The molecule has 1 unspecified atom stereocenters. The van der Waals surface area contributed by atoms with Crippen molar-refractivity contribution in [1.82, 2.24) is 4.98 Å². The van der Waals surface area contributed by atoms with E-state index in [-0.39, 0.29) is 23.1 Å². The summed E-state index contributed by atoms with van der Waals surface area (Å²) in [6.45, 7) is 1.76. The van der Waals surface area contributed by atoms with Crippen LogP contribution in [-0.4, -0.2) is 15.8 Å². The number of halogens is 1. The van der Waals surface area contributed by atoms with E-state index in [1.165, 1.54) is 23.5 Å². The number of carbonyl (C=O) groups is 1. The first-order valence-corrected chi connectivity index (χ1v) is 7.52. The van der Waals surface area contributed by atoms with Crippen LogP contribution in [0.2, 0.25) is 0 Å². The van der Waals surface area contributed by atoms with Crippen molar-refractivity contribution >= 4 is 44.5 Å². The molecule has 110 valence electrons. The van der Waals surface area contributed by atoms with Crippen LogP contribution >= 0.6 is 27.3 Å². The normalized spacial score (nSPS) is 12.0. The van der Waals surface area contributed by atoms with Crippen LogP contribution in [0.4, 0.5) is 11.4 Å². The van der Waals surface area contributed by atoms with Gasteiger partial charge < -0.3 is 11.1 Å². The van der Waals surface area contributed by atoms with Gasteiger partial charge in [-0.1, -0.05) is 15.9 Å². The number of thiazole rings is 1. The van der Waals surface area contributed by atoms with Gasteiger partial charge in [-0.3, -0.25) is 14.9 Å². The van der Waals surface area contributed by atoms with Crippen LogP contribution in [0.1, 0.15) is 28.5 Å². The van der Waals surface area contributed by atoms with E-state index in [1.807, 2.05) is 0 Å². The van der Waals surface area contributed by atoms with Gasteiger partial charge in [0.05, 0.1) is 11.0 Å². The van der Waals surface area contributed by atoms with Gasteiger partial charge in [-0.25, -0.2) is 4.98 Å². The summed E-state index contributed by atoms with van der Waals surface area (Å²) in [7, 11) is 0. The van der Waals surface area contributed by atoms with Crippen molar-refractivity contribution in [2.75, 3.05) is 5.32 Å². The molecular weight excluding hydrogens is 360 g/mol. The Morgan fingerprint density at radius 3 is 2.86 bits per heavy atom. The van der Waals surface area contributed by atoms with Crippen LogP contribution < -0.4 is 11.1 Å². The third kappa shape index (κ3) is 3.63. The van der Waals surface area contributed by atoms with E-state index in [4.69, 9.17) is 5.73 Å². The fourth-order valence-corrected chi connectivity index (χ4v) is 2.66. The van der Waals surface area contributed by atoms with Crippen LogP contribution in [0.5, 0.6) is 0 Å². The molecule has 0 fully saturated rings. The van der Waals surface area contributed by atoms with E-state index in [1.54, 1.807) is 18.4 Å². The first-order chi connectivity index (χ1) is 9.88. The molecule has 2 aromatic rings. The number of nitro groups is 1. The number of nitrogens with one attached hydrogen (secondary N) is 1. The highest BCUT2D eigenvalue weighted by molar-refractivity contribution is 9.10. The summed E-state index contributed by atoms with van der Waals surface area (Å²) >= 11 is 4.42. The maximum Gasteiger partial charge on any atom is 0.293 e. The summed E-state index contributed by atoms with van der Waals surface area (Å²) in [5.74, 6) is -0.511. The molecule has 0 aliphatic rings. The molecule has 0 saturated carbocycles. The van der Waals surface area contributed by atoms with Crippen LogP contribution in [0, 0.1) is 10.1 Å². The Balaban J connectivity index is 2.25. The molecule has 2 rings (SSSR count). The van der Waals surface area contributed by atoms with E-state index in [0.29, 0.717) is 9.48 Å². The van der Waals surface area contributed by atoms with Crippen molar-refractivity contribution in [3.05, 3.63) is 48.9 Å². The molecule has 1 amide bonds. The van der Waals surface area contributed by atoms with Crippen molar-refractivity contribution < 1.29 is 9.72 Å². The number of benzene rings is 1. The van der Waals surface area contributed by atoms with Crippen molar-refractivity contribution in [2.24, 2.45) is 5.73 Å². The predicted molar refractivity (Wildman–Crippen MR) is 83.5 cm³/mol. The number of anilines is 1. The van der Waals surface area contributed by atoms with Gasteiger partial charge >= 0.3 is 0 Å². The summed E-state index contributed by atoms with van der Waals surface area (Å²) in [5.41, 5.74) is 5.79. The van der Waals surface area contributed by atoms with E-state index >= 15 is 0 Å². The number of hydrogen-bond acceptors (Lipinski definition) is 6. The topological polar surface area (TPSA) is 111 Å². The molecule has 1 aromatic heterocycles. The highest BCUT2D eigenvalue weighted by Gasteiger charge is 2.19. The first-order valence-electron chi connectivity index (χ1n) is 5.84. The van der Waals surface area contributed by atoms with E-state index < -0.39 is 10.8 Å². The number of nitro benzene ring substituents is 1. The van der Waals surface area contributed by atoms with Gasteiger partial charge in [0.15, 0.2) is 0 Å². The standard InChI is InChI=1S/C12H11BrN4O3S/c1-6(14)12-16-9(5-21-12)11(18)15-8-3-2-7(13)4-10(8)17(19)20/h2-6H,14H2,1H3,(H,15,18). The lowest BCUT2D eigenvalue weighted by Gasteiger charge is -2.05. The van der Waals surface area contributed by atoms with Gasteiger partial charge in [0.1, 0.15) is 16.4 Å². The lowest BCUT2D eigenvalue weighted by Crippen LogP contribution is -2.14. The van der Waals surface area contributed by atoms with Gasteiger partial charge in [0, 0.05) is 15.9 Å². The molecule has 1 atom stereocenters. The molecule has 3 N–H and O–H groups in total. The van der Waals surface area contributed by atoms with Crippen molar-refractivity contribution in [3.8, 4) is 0 Å². The molecule has 0 saturated heterocycles. The van der Waals surface area contributed by atoms with Crippen LogP contribution in [0.15, 0.2) is 28.1 Å². The minimum atomic E-state index is -0.561. The molecule has 0 aliphatic heterocycles. The molecule has 0 radical (unpaired) electrons. The Morgan fingerprint density at radius 2 is 2.29 bits per heavy atom. The maximum atomic E-state index is 12.1. The van der Waals surface area contributed by atoms with E-state index in [9.17, 15) is 14.9 Å². The second-order valence-corrected chi connectivity index (χ2v) is 6.04. The van der Waals surface area contributed by atoms with Gasteiger partial charge in [0.25, 0.3) is 11.6 Å². The van der Waals surface area contributed by atoms with E-state index in [2.05, 4.69) is 26.2 Å². The Hall–Kier alpha value is -1.84. The van der Waals surface area contributed by atoms with Gasteiger partial charge in [-0.2, -0.15) is 0 Å². The third-order valence-electron chi connectivity index (χ3n) is 2.55. The van der Waals surface area contributed by atoms with Crippen LogP contribution in [0.25, 0.3) is 0 Å². The molecule has 1 heterocycles. The Morgan fingerprint density at radius 1 is 1.57 bits per heavy atom. The zero-order valence-corrected chi connectivity index (χ0v) is 13.3. The monoisotopic (exact) mass is 370 g/mol. The van der Waals surface area contributed by atoms with Crippen molar-refractivity contribution in [1.29, 1.82) is 0 Å². The third-order valence-corrected chi connectivity index (χ3v) is 4.09. The fourth-order valence-electron chi connectivity index (χ4n) is 1.55. The van der Waals surface area contributed by atoms with Crippen LogP contribution in [0.3, 0.4) is 0 Å². The zero-order valence-electron chi connectivity index (χ0n) is 10.9. The van der Waals surface area contributed by atoms with Gasteiger partial charge in [-0.15, -0.1) is 11.3 Å². The number of hydrogen-bond donors (Lipinski definition) is 2. The molecule has 0 spiro atoms. The lowest BCUT2D eigenvalue weighted by atomic mass is 10.2. The molecular formula is C12H11BrN4O3S. The molecule has 0 bridgehead atoms. The number of nitrogens with two attached hydrogens (primary N) is 1. The average Bonchev–Trinajstić information content (AvgIpc) is 2.90. The number of carbonyl (C=O) groups excluding carboxylic acids is 1.